The number of aryl methyl sites for hydroxylation is 2. The van der Waals surface area contributed by atoms with E-state index in [-0.39, 0.29) is 11.7 Å². The largest absolute Gasteiger partial charge is 0.416 e. The summed E-state index contributed by atoms with van der Waals surface area (Å²) in [5, 5.41) is 2.57. The third-order valence-corrected chi connectivity index (χ3v) is 4.70. The van der Waals surface area contributed by atoms with E-state index in [1.54, 1.807) is 4.90 Å². The molecule has 0 saturated carbocycles. The second kappa shape index (κ2) is 7.50. The number of amides is 2. The van der Waals surface area contributed by atoms with Crippen molar-refractivity contribution in [3.8, 4) is 0 Å². The van der Waals surface area contributed by atoms with E-state index < -0.39 is 11.7 Å². The number of piperazine rings is 1. The Morgan fingerprint density at radius 3 is 2.33 bits per heavy atom. The van der Waals surface area contributed by atoms with E-state index in [0.29, 0.717) is 26.2 Å². The molecule has 27 heavy (non-hydrogen) atoms. The quantitative estimate of drug-likeness (QED) is 0.825. The van der Waals surface area contributed by atoms with Gasteiger partial charge < -0.3 is 15.1 Å². The lowest BCUT2D eigenvalue weighted by Gasteiger charge is -2.36. The number of benzene rings is 2. The summed E-state index contributed by atoms with van der Waals surface area (Å²) in [5.74, 6) is 0. The molecule has 2 amide bonds. The molecule has 4 nitrogen and oxygen atoms in total. The molecular formula is C20H22F3N3O. The molecule has 1 aliphatic rings. The fourth-order valence-corrected chi connectivity index (χ4v) is 3.29. The van der Waals surface area contributed by atoms with Crippen molar-refractivity contribution in [1.82, 2.24) is 4.90 Å². The topological polar surface area (TPSA) is 35.6 Å². The third kappa shape index (κ3) is 4.53. The highest BCUT2D eigenvalue weighted by Gasteiger charge is 2.30. The summed E-state index contributed by atoms with van der Waals surface area (Å²) in [7, 11) is 0. The van der Waals surface area contributed by atoms with Gasteiger partial charge in [-0.1, -0.05) is 23.8 Å². The van der Waals surface area contributed by atoms with E-state index in [2.05, 4.69) is 35.3 Å². The van der Waals surface area contributed by atoms with E-state index in [0.717, 1.165) is 17.8 Å². The number of urea groups is 1. The first-order valence-electron chi connectivity index (χ1n) is 8.79. The van der Waals surface area contributed by atoms with E-state index in [9.17, 15) is 18.0 Å². The van der Waals surface area contributed by atoms with Crippen LogP contribution >= 0.6 is 0 Å². The smallest absolute Gasteiger partial charge is 0.368 e. The molecule has 1 saturated heterocycles. The molecule has 2 aromatic rings. The van der Waals surface area contributed by atoms with Crippen molar-refractivity contribution in [2.45, 2.75) is 20.0 Å². The Morgan fingerprint density at radius 2 is 1.70 bits per heavy atom. The summed E-state index contributed by atoms with van der Waals surface area (Å²) in [6.45, 7) is 6.50. The molecule has 1 aliphatic heterocycles. The van der Waals surface area contributed by atoms with Gasteiger partial charge in [0.25, 0.3) is 0 Å². The maximum Gasteiger partial charge on any atom is 0.416 e. The molecule has 144 valence electrons. The lowest BCUT2D eigenvalue weighted by atomic mass is 10.1. The third-order valence-electron chi connectivity index (χ3n) is 4.70. The Kier molecular flexibility index (Phi) is 5.30. The van der Waals surface area contributed by atoms with Crippen LogP contribution < -0.4 is 10.2 Å². The highest BCUT2D eigenvalue weighted by atomic mass is 19.4. The van der Waals surface area contributed by atoms with Gasteiger partial charge in [0.15, 0.2) is 0 Å². The molecule has 3 rings (SSSR count). The maximum atomic E-state index is 12.8. The molecule has 0 atom stereocenters. The number of anilines is 2. The van der Waals surface area contributed by atoms with Gasteiger partial charge in [-0.3, -0.25) is 0 Å². The van der Waals surface area contributed by atoms with Crippen molar-refractivity contribution in [3.63, 3.8) is 0 Å². The predicted octanol–water partition coefficient (Wildman–Crippen LogP) is 4.68. The number of carbonyl (C=O) groups is 1. The predicted molar refractivity (Wildman–Crippen MR) is 100 cm³/mol. The number of carbonyl (C=O) groups excluding carboxylic acids is 1. The van der Waals surface area contributed by atoms with Crippen molar-refractivity contribution in [2.24, 2.45) is 0 Å². The second-order valence-electron chi connectivity index (χ2n) is 6.77. The molecule has 1 N–H and O–H groups in total. The lowest BCUT2D eigenvalue weighted by molar-refractivity contribution is -0.137. The minimum Gasteiger partial charge on any atom is -0.368 e. The summed E-state index contributed by atoms with van der Waals surface area (Å²) in [5.41, 5.74) is 2.91. The zero-order chi connectivity index (χ0) is 19.6. The van der Waals surface area contributed by atoms with Crippen LogP contribution in [0.1, 0.15) is 16.7 Å². The number of alkyl halides is 3. The van der Waals surface area contributed by atoms with Crippen LogP contribution in [0, 0.1) is 13.8 Å². The summed E-state index contributed by atoms with van der Waals surface area (Å²) >= 11 is 0. The van der Waals surface area contributed by atoms with Gasteiger partial charge in [-0.25, -0.2) is 4.79 Å². The first kappa shape index (κ1) is 19.1. The Labute approximate surface area is 156 Å². The fraction of sp³-hybridized carbons (Fsp3) is 0.350. The molecule has 7 heteroatoms. The molecular weight excluding hydrogens is 355 g/mol. The van der Waals surface area contributed by atoms with Crippen LogP contribution in [0.25, 0.3) is 0 Å². The van der Waals surface area contributed by atoms with E-state index in [1.807, 2.05) is 6.92 Å². The van der Waals surface area contributed by atoms with Crippen molar-refractivity contribution in [1.29, 1.82) is 0 Å². The summed E-state index contributed by atoms with van der Waals surface area (Å²) in [4.78, 5) is 16.2. The first-order chi connectivity index (χ1) is 12.7. The van der Waals surface area contributed by atoms with E-state index in [1.165, 1.54) is 23.3 Å². The monoisotopic (exact) mass is 377 g/mol. The molecule has 0 unspecified atom stereocenters. The number of hydrogen-bond donors (Lipinski definition) is 1. The van der Waals surface area contributed by atoms with Crippen LogP contribution in [0.5, 0.6) is 0 Å². The minimum absolute atomic E-state index is 0.145. The highest BCUT2D eigenvalue weighted by Crippen LogP contribution is 2.30. The fourth-order valence-electron chi connectivity index (χ4n) is 3.29. The Hall–Kier alpha value is -2.70. The van der Waals surface area contributed by atoms with Gasteiger partial charge in [-0.15, -0.1) is 0 Å². The molecule has 1 fully saturated rings. The average molecular weight is 377 g/mol. The van der Waals surface area contributed by atoms with Crippen molar-refractivity contribution < 1.29 is 18.0 Å². The van der Waals surface area contributed by atoms with Crippen LogP contribution in [0.15, 0.2) is 42.5 Å². The Morgan fingerprint density at radius 1 is 1.00 bits per heavy atom. The average Bonchev–Trinajstić information content (AvgIpc) is 2.61. The number of nitrogens with one attached hydrogen (secondary N) is 1. The molecule has 1 heterocycles. The number of nitrogens with zero attached hydrogens (tertiary/aromatic N) is 2. The van der Waals surface area contributed by atoms with E-state index in [4.69, 9.17) is 0 Å². The molecule has 0 aliphatic carbocycles. The molecule has 0 aromatic heterocycles. The van der Waals surface area contributed by atoms with Crippen LogP contribution in [-0.2, 0) is 6.18 Å². The summed E-state index contributed by atoms with van der Waals surface area (Å²) < 4.78 is 38.4. The van der Waals surface area contributed by atoms with Crippen LogP contribution in [0.3, 0.4) is 0 Å². The lowest BCUT2D eigenvalue weighted by Crippen LogP contribution is -2.50. The van der Waals surface area contributed by atoms with Gasteiger partial charge in [-0.05, 0) is 43.7 Å². The van der Waals surface area contributed by atoms with Crippen LogP contribution in [-0.4, -0.2) is 37.1 Å². The standard InChI is InChI=1S/C20H22F3N3O/c1-14-6-7-18(15(2)12-14)25-8-10-26(11-9-25)19(27)24-17-5-3-4-16(13-17)20(21,22)23/h3-7,12-13H,8-11H2,1-2H3,(H,24,27). The number of rotatable bonds is 2. The number of hydrogen-bond acceptors (Lipinski definition) is 2. The van der Waals surface area contributed by atoms with Gasteiger partial charge in [-0.2, -0.15) is 13.2 Å². The second-order valence-corrected chi connectivity index (χ2v) is 6.77. The molecule has 0 radical (unpaired) electrons. The molecule has 0 bridgehead atoms. The van der Waals surface area contributed by atoms with Gasteiger partial charge in [0.1, 0.15) is 0 Å². The Balaban J connectivity index is 1.60. The number of halogens is 3. The zero-order valence-corrected chi connectivity index (χ0v) is 15.3. The highest BCUT2D eigenvalue weighted by molar-refractivity contribution is 5.89. The zero-order valence-electron chi connectivity index (χ0n) is 15.3. The molecule has 2 aromatic carbocycles. The van der Waals surface area contributed by atoms with Crippen molar-refractivity contribution in [2.75, 3.05) is 36.4 Å². The molecule has 0 spiro atoms. The summed E-state index contributed by atoms with van der Waals surface area (Å²) in [6, 6.07) is 10.6. The van der Waals surface area contributed by atoms with Crippen LogP contribution in [0.4, 0.5) is 29.3 Å². The normalized spacial score (nSPS) is 15.0. The summed E-state index contributed by atoms with van der Waals surface area (Å²) in [6.07, 6.45) is -4.43. The maximum absolute atomic E-state index is 12.8. The van der Waals surface area contributed by atoms with Crippen molar-refractivity contribution >= 4 is 17.4 Å². The van der Waals surface area contributed by atoms with Gasteiger partial charge in [0.2, 0.25) is 0 Å². The van der Waals surface area contributed by atoms with E-state index >= 15 is 0 Å². The Bertz CT molecular complexity index is 827. The first-order valence-corrected chi connectivity index (χ1v) is 8.79. The SMILES string of the molecule is Cc1ccc(N2CCN(C(=O)Nc3cccc(C(F)(F)F)c3)CC2)c(C)c1. The van der Waals surface area contributed by atoms with Gasteiger partial charge >= 0.3 is 12.2 Å². The minimum atomic E-state index is -4.43. The van der Waals surface area contributed by atoms with Gasteiger partial charge in [0.05, 0.1) is 5.56 Å². The van der Waals surface area contributed by atoms with Gasteiger partial charge in [0, 0.05) is 37.6 Å². The van der Waals surface area contributed by atoms with Crippen LogP contribution in [0.2, 0.25) is 0 Å². The van der Waals surface area contributed by atoms with Crippen molar-refractivity contribution in [3.05, 3.63) is 59.2 Å².